The van der Waals surface area contributed by atoms with Crippen LogP contribution in [0.25, 0.3) is 22.6 Å². The van der Waals surface area contributed by atoms with E-state index in [9.17, 15) is 4.79 Å². The average Bonchev–Trinajstić information content (AvgIpc) is 3.32. The molecule has 1 unspecified atom stereocenters. The number of fused-ring (bicyclic) bond motifs is 2. The molecule has 144 valence electrons. The smallest absolute Gasteiger partial charge is 0.244 e. The van der Waals surface area contributed by atoms with Crippen molar-refractivity contribution >= 4 is 28.5 Å². The van der Waals surface area contributed by atoms with E-state index in [1.54, 1.807) is 6.08 Å². The molecular weight excluding hydrogens is 364 g/mol. The monoisotopic (exact) mass is 384 g/mol. The largest absolute Gasteiger partial charge is 0.346 e. The SMILES string of the molecule is CC(NC(=O)/C=C/c1cn(CCC#N)c2ccccc12)c1nnc2ccccn12. The van der Waals surface area contributed by atoms with Gasteiger partial charge in [-0.2, -0.15) is 5.26 Å². The van der Waals surface area contributed by atoms with Crippen LogP contribution < -0.4 is 5.32 Å². The second-order valence-electron chi connectivity index (χ2n) is 6.75. The van der Waals surface area contributed by atoms with Gasteiger partial charge in [-0.1, -0.05) is 24.3 Å². The number of hydrogen-bond donors (Lipinski definition) is 1. The Morgan fingerprint density at radius 2 is 2.07 bits per heavy atom. The number of hydrogen-bond acceptors (Lipinski definition) is 4. The van der Waals surface area contributed by atoms with Crippen LogP contribution >= 0.6 is 0 Å². The molecular formula is C22H20N6O. The van der Waals surface area contributed by atoms with E-state index in [-0.39, 0.29) is 11.9 Å². The molecule has 3 aromatic heterocycles. The van der Waals surface area contributed by atoms with Crippen molar-refractivity contribution in [2.45, 2.75) is 25.9 Å². The zero-order valence-corrected chi connectivity index (χ0v) is 16.0. The van der Waals surface area contributed by atoms with E-state index in [1.165, 1.54) is 6.08 Å². The lowest BCUT2D eigenvalue weighted by Gasteiger charge is -2.10. The van der Waals surface area contributed by atoms with Crippen molar-refractivity contribution in [3.05, 3.63) is 72.3 Å². The molecule has 7 heteroatoms. The van der Waals surface area contributed by atoms with E-state index in [2.05, 4.69) is 21.6 Å². The van der Waals surface area contributed by atoms with Gasteiger partial charge in [0.15, 0.2) is 11.5 Å². The van der Waals surface area contributed by atoms with Gasteiger partial charge >= 0.3 is 0 Å². The Labute approximate surface area is 167 Å². The molecule has 4 aromatic rings. The molecule has 3 heterocycles. The van der Waals surface area contributed by atoms with Gasteiger partial charge in [0, 0.05) is 41.5 Å². The van der Waals surface area contributed by atoms with Gasteiger partial charge in [0.25, 0.3) is 0 Å². The number of carbonyl (C=O) groups excluding carboxylic acids is 1. The number of nitrogens with one attached hydrogen (secondary N) is 1. The lowest BCUT2D eigenvalue weighted by atomic mass is 10.1. The molecule has 0 saturated heterocycles. The maximum absolute atomic E-state index is 12.5. The van der Waals surface area contributed by atoms with Gasteiger partial charge < -0.3 is 9.88 Å². The molecule has 29 heavy (non-hydrogen) atoms. The summed E-state index contributed by atoms with van der Waals surface area (Å²) in [6.07, 6.45) is 7.61. The van der Waals surface area contributed by atoms with Gasteiger partial charge in [-0.3, -0.25) is 9.20 Å². The summed E-state index contributed by atoms with van der Waals surface area (Å²) in [5.74, 6) is 0.467. The van der Waals surface area contributed by atoms with E-state index in [0.717, 1.165) is 22.1 Å². The van der Waals surface area contributed by atoms with Gasteiger partial charge in [-0.15, -0.1) is 10.2 Å². The van der Waals surface area contributed by atoms with Crippen molar-refractivity contribution in [1.29, 1.82) is 5.26 Å². The minimum absolute atomic E-state index is 0.209. The minimum atomic E-state index is -0.290. The molecule has 1 N–H and O–H groups in total. The Morgan fingerprint density at radius 3 is 2.93 bits per heavy atom. The van der Waals surface area contributed by atoms with Crippen molar-refractivity contribution in [2.75, 3.05) is 0 Å². The zero-order chi connectivity index (χ0) is 20.2. The van der Waals surface area contributed by atoms with E-state index in [0.29, 0.717) is 18.8 Å². The number of rotatable bonds is 6. The van der Waals surface area contributed by atoms with Gasteiger partial charge in [0.2, 0.25) is 5.91 Å². The molecule has 0 saturated carbocycles. The second-order valence-corrected chi connectivity index (χ2v) is 6.75. The quantitative estimate of drug-likeness (QED) is 0.516. The highest BCUT2D eigenvalue weighted by Crippen LogP contribution is 2.23. The first-order valence-electron chi connectivity index (χ1n) is 9.40. The average molecular weight is 384 g/mol. The third-order valence-electron chi connectivity index (χ3n) is 4.78. The highest BCUT2D eigenvalue weighted by molar-refractivity contribution is 5.96. The lowest BCUT2D eigenvalue weighted by molar-refractivity contribution is -0.117. The first-order valence-corrected chi connectivity index (χ1v) is 9.40. The van der Waals surface area contributed by atoms with Crippen LogP contribution in [0.3, 0.4) is 0 Å². The number of para-hydroxylation sites is 1. The Bertz CT molecular complexity index is 1240. The number of nitrogens with zero attached hydrogens (tertiary/aromatic N) is 5. The summed E-state index contributed by atoms with van der Waals surface area (Å²) in [6, 6.07) is 15.5. The Balaban J connectivity index is 1.52. The predicted octanol–water partition coefficient (Wildman–Crippen LogP) is 3.49. The van der Waals surface area contributed by atoms with Gasteiger partial charge in [0.1, 0.15) is 0 Å². The first kappa shape index (κ1) is 18.4. The van der Waals surface area contributed by atoms with Crippen LogP contribution in [0.2, 0.25) is 0 Å². The molecule has 4 rings (SSSR count). The Kier molecular flexibility index (Phi) is 5.08. The minimum Gasteiger partial charge on any atom is -0.346 e. The lowest BCUT2D eigenvalue weighted by Crippen LogP contribution is -2.26. The highest BCUT2D eigenvalue weighted by Gasteiger charge is 2.14. The van der Waals surface area contributed by atoms with Crippen molar-refractivity contribution in [3.63, 3.8) is 0 Å². The van der Waals surface area contributed by atoms with Gasteiger partial charge in [-0.25, -0.2) is 0 Å². The topological polar surface area (TPSA) is 88.0 Å². The van der Waals surface area contributed by atoms with E-state index >= 15 is 0 Å². The first-order chi connectivity index (χ1) is 14.2. The normalized spacial score (nSPS) is 12.4. The molecule has 0 radical (unpaired) electrons. The van der Waals surface area contributed by atoms with E-state index in [1.807, 2.05) is 70.7 Å². The molecule has 0 aliphatic rings. The van der Waals surface area contributed by atoms with Gasteiger partial charge in [0.05, 0.1) is 18.5 Å². The Morgan fingerprint density at radius 1 is 1.24 bits per heavy atom. The standard InChI is InChI=1S/C22H20N6O/c1-16(22-26-25-20-9-4-5-14-28(20)22)24-21(29)11-10-17-15-27(13-6-12-23)19-8-3-2-7-18(17)19/h2-5,7-11,14-16H,6,13H2,1H3,(H,24,29)/b11-10+. The van der Waals surface area contributed by atoms with Gasteiger partial charge in [-0.05, 0) is 31.2 Å². The molecule has 1 atom stereocenters. The summed E-state index contributed by atoms with van der Waals surface area (Å²) in [4.78, 5) is 12.5. The number of carbonyl (C=O) groups is 1. The molecule has 0 fully saturated rings. The maximum atomic E-state index is 12.5. The summed E-state index contributed by atoms with van der Waals surface area (Å²) in [5.41, 5.74) is 2.73. The number of pyridine rings is 1. The van der Waals surface area contributed by atoms with Crippen LogP contribution in [-0.4, -0.2) is 25.1 Å². The Hall–Kier alpha value is -3.92. The third-order valence-corrected chi connectivity index (χ3v) is 4.78. The summed E-state index contributed by atoms with van der Waals surface area (Å²) in [5, 5.41) is 21.2. The molecule has 7 nitrogen and oxygen atoms in total. The summed E-state index contributed by atoms with van der Waals surface area (Å²) >= 11 is 0. The fraction of sp³-hybridized carbons (Fsp3) is 0.182. The van der Waals surface area contributed by atoms with Crippen LogP contribution in [0, 0.1) is 11.3 Å². The highest BCUT2D eigenvalue weighted by atomic mass is 16.1. The van der Waals surface area contributed by atoms with Crippen molar-refractivity contribution in [2.24, 2.45) is 0 Å². The second kappa shape index (κ2) is 7.98. The summed E-state index contributed by atoms with van der Waals surface area (Å²) < 4.78 is 3.90. The van der Waals surface area contributed by atoms with Crippen LogP contribution in [0.5, 0.6) is 0 Å². The van der Waals surface area contributed by atoms with E-state index < -0.39 is 0 Å². The maximum Gasteiger partial charge on any atom is 0.244 e. The molecule has 0 spiro atoms. The van der Waals surface area contributed by atoms with Crippen LogP contribution in [0.15, 0.2) is 60.9 Å². The number of amides is 1. The van der Waals surface area contributed by atoms with E-state index in [4.69, 9.17) is 5.26 Å². The summed E-state index contributed by atoms with van der Waals surface area (Å²) in [6.45, 7) is 2.50. The van der Waals surface area contributed by atoms with Crippen LogP contribution in [0.1, 0.15) is 30.8 Å². The van der Waals surface area contributed by atoms with Crippen molar-refractivity contribution in [3.8, 4) is 6.07 Å². The number of benzene rings is 1. The molecule has 0 aliphatic heterocycles. The van der Waals surface area contributed by atoms with Crippen molar-refractivity contribution in [1.82, 2.24) is 24.5 Å². The molecule has 1 aromatic carbocycles. The van der Waals surface area contributed by atoms with Crippen molar-refractivity contribution < 1.29 is 4.79 Å². The predicted molar refractivity (Wildman–Crippen MR) is 111 cm³/mol. The molecule has 0 aliphatic carbocycles. The fourth-order valence-corrected chi connectivity index (χ4v) is 3.41. The molecule has 0 bridgehead atoms. The molecule has 1 amide bonds. The third kappa shape index (κ3) is 3.73. The number of aromatic nitrogens is 4. The number of aryl methyl sites for hydroxylation is 1. The number of nitriles is 1. The van der Waals surface area contributed by atoms with Crippen LogP contribution in [0.4, 0.5) is 0 Å². The van der Waals surface area contributed by atoms with Crippen LogP contribution in [-0.2, 0) is 11.3 Å². The fourth-order valence-electron chi connectivity index (χ4n) is 3.41. The zero-order valence-electron chi connectivity index (χ0n) is 16.0. The summed E-state index contributed by atoms with van der Waals surface area (Å²) in [7, 11) is 0.